The molecule has 0 saturated carbocycles. The summed E-state index contributed by atoms with van der Waals surface area (Å²) in [6.45, 7) is 3.86. The molecule has 1 N–H and O–H groups in total. The van der Waals surface area contributed by atoms with Crippen LogP contribution in [-0.4, -0.2) is 13.0 Å². The molecule has 0 aliphatic carbocycles. The number of hydrogen-bond acceptors (Lipinski definition) is 1. The molecule has 0 atom stereocenters. The van der Waals surface area contributed by atoms with Gasteiger partial charge in [0.1, 0.15) is 0 Å². The fraction of sp³-hybridized carbons (Fsp3) is 0.250. The highest BCUT2D eigenvalue weighted by atomic mass is 16.1. The predicted octanol–water partition coefficient (Wildman–Crippen LogP) is -0.171. The molecule has 33 valence electrons. The summed E-state index contributed by atoms with van der Waals surface area (Å²) in [6.07, 6.45) is 3.09. The quantitative estimate of drug-likeness (QED) is 0.287. The van der Waals surface area contributed by atoms with Crippen molar-refractivity contribution < 1.29 is 4.79 Å². The van der Waals surface area contributed by atoms with Crippen LogP contribution in [0.25, 0.3) is 0 Å². The van der Waals surface area contributed by atoms with Gasteiger partial charge in [-0.2, -0.15) is 0 Å². The summed E-state index contributed by atoms with van der Waals surface area (Å²) in [5, 5.41) is 2.27. The van der Waals surface area contributed by atoms with Crippen LogP contribution in [0.4, 0.5) is 0 Å². The average molecular weight is 84.1 g/mol. The molecule has 0 heterocycles. The van der Waals surface area contributed by atoms with Gasteiger partial charge in [-0.25, -0.2) is 0 Å². The third-order valence-electron chi connectivity index (χ3n) is 0.319. The molecule has 0 fully saturated rings. The molecule has 2 heteroatoms. The molecule has 0 aromatic rings. The zero-order valence-electron chi connectivity index (χ0n) is 3.40. The molecule has 0 bridgehead atoms. The lowest BCUT2D eigenvalue weighted by atomic mass is 10.6. The maximum Gasteiger partial charge on any atom is 0.309 e. The van der Waals surface area contributed by atoms with Crippen molar-refractivity contribution in [3.8, 4) is 0 Å². The van der Waals surface area contributed by atoms with Crippen LogP contribution >= 0.6 is 0 Å². The van der Waals surface area contributed by atoms with Gasteiger partial charge < -0.3 is 5.32 Å². The number of hydrogen-bond donors (Lipinski definition) is 1. The zero-order valence-corrected chi connectivity index (χ0v) is 3.40. The SMILES string of the molecule is C=CCN[C]=O. The Morgan fingerprint density at radius 1 is 2.00 bits per heavy atom. The third-order valence-corrected chi connectivity index (χ3v) is 0.319. The van der Waals surface area contributed by atoms with Gasteiger partial charge in [0, 0.05) is 6.54 Å². The Labute approximate surface area is 36.9 Å². The van der Waals surface area contributed by atoms with Crippen molar-refractivity contribution in [2.24, 2.45) is 0 Å². The Morgan fingerprint density at radius 2 is 2.67 bits per heavy atom. The van der Waals surface area contributed by atoms with Gasteiger partial charge in [-0.05, 0) is 0 Å². The van der Waals surface area contributed by atoms with Crippen LogP contribution < -0.4 is 5.32 Å². The minimum absolute atomic E-state index is 0.503. The maximum absolute atomic E-state index is 9.28. The van der Waals surface area contributed by atoms with E-state index in [0.29, 0.717) is 6.54 Å². The van der Waals surface area contributed by atoms with E-state index in [9.17, 15) is 4.79 Å². The van der Waals surface area contributed by atoms with Crippen molar-refractivity contribution in [3.63, 3.8) is 0 Å². The lowest BCUT2D eigenvalue weighted by Gasteiger charge is -1.79. The van der Waals surface area contributed by atoms with Gasteiger partial charge >= 0.3 is 6.41 Å². The Hall–Kier alpha value is -0.790. The molecule has 1 amide bonds. The minimum Gasteiger partial charge on any atom is -0.344 e. The van der Waals surface area contributed by atoms with Crippen LogP contribution in [0.2, 0.25) is 0 Å². The fourth-order valence-corrected chi connectivity index (χ4v) is 0.114. The lowest BCUT2D eigenvalue weighted by Crippen LogP contribution is -2.08. The Balaban J connectivity index is 2.66. The van der Waals surface area contributed by atoms with Crippen LogP contribution in [0.5, 0.6) is 0 Å². The topological polar surface area (TPSA) is 29.1 Å². The number of amides is 1. The van der Waals surface area contributed by atoms with E-state index in [0.717, 1.165) is 0 Å². The first-order valence-electron chi connectivity index (χ1n) is 1.62. The summed E-state index contributed by atoms with van der Waals surface area (Å²) >= 11 is 0. The molecule has 0 rings (SSSR count). The van der Waals surface area contributed by atoms with Crippen LogP contribution in [0.3, 0.4) is 0 Å². The van der Waals surface area contributed by atoms with Crippen molar-refractivity contribution in [1.82, 2.24) is 5.32 Å². The molecular weight excluding hydrogens is 78.0 g/mol. The molecule has 2 nitrogen and oxygen atoms in total. The Bertz CT molecular complexity index is 43.5. The predicted molar refractivity (Wildman–Crippen MR) is 23.9 cm³/mol. The molecule has 0 aliphatic rings. The van der Waals surface area contributed by atoms with E-state index in [1.807, 2.05) is 0 Å². The van der Waals surface area contributed by atoms with Crippen molar-refractivity contribution in [2.45, 2.75) is 0 Å². The fourth-order valence-electron chi connectivity index (χ4n) is 0.114. The van der Waals surface area contributed by atoms with Crippen LogP contribution in [0, 0.1) is 0 Å². The van der Waals surface area contributed by atoms with Crippen LogP contribution in [0.15, 0.2) is 12.7 Å². The Kier molecular flexibility index (Phi) is 3.66. The van der Waals surface area contributed by atoms with Crippen molar-refractivity contribution in [2.75, 3.05) is 6.54 Å². The molecule has 1 radical (unpaired) electrons. The summed E-state index contributed by atoms with van der Waals surface area (Å²) in [5.74, 6) is 0. The van der Waals surface area contributed by atoms with Gasteiger partial charge in [0.05, 0.1) is 0 Å². The highest BCUT2D eigenvalue weighted by Crippen LogP contribution is 1.50. The molecule has 0 aromatic heterocycles. The van der Waals surface area contributed by atoms with E-state index in [1.54, 1.807) is 6.08 Å². The highest BCUT2D eigenvalue weighted by molar-refractivity contribution is 5.47. The standard InChI is InChI=1S/C4H6NO/c1-2-3-5-4-6/h2H,1,3H2,(H,5,6). The lowest BCUT2D eigenvalue weighted by molar-refractivity contribution is 0.546. The summed E-state index contributed by atoms with van der Waals surface area (Å²) in [7, 11) is 0. The van der Waals surface area contributed by atoms with E-state index < -0.39 is 0 Å². The first kappa shape index (κ1) is 5.21. The van der Waals surface area contributed by atoms with E-state index in [-0.39, 0.29) is 0 Å². The normalized spacial score (nSPS) is 6.67. The van der Waals surface area contributed by atoms with Gasteiger partial charge in [0.2, 0.25) is 0 Å². The molecule has 0 saturated heterocycles. The van der Waals surface area contributed by atoms with Crippen molar-refractivity contribution in [1.29, 1.82) is 0 Å². The summed E-state index contributed by atoms with van der Waals surface area (Å²) < 4.78 is 0. The van der Waals surface area contributed by atoms with Gasteiger partial charge in [0.25, 0.3) is 0 Å². The van der Waals surface area contributed by atoms with Crippen LogP contribution in [-0.2, 0) is 4.79 Å². The second-order valence-electron chi connectivity index (χ2n) is 0.772. The van der Waals surface area contributed by atoms with Gasteiger partial charge in [-0.15, -0.1) is 6.58 Å². The number of rotatable bonds is 3. The smallest absolute Gasteiger partial charge is 0.309 e. The van der Waals surface area contributed by atoms with Gasteiger partial charge in [-0.1, -0.05) is 6.08 Å². The monoisotopic (exact) mass is 84.0 g/mol. The van der Waals surface area contributed by atoms with Crippen molar-refractivity contribution >= 4 is 6.41 Å². The molecule has 0 unspecified atom stereocenters. The first-order chi connectivity index (χ1) is 2.91. The zero-order chi connectivity index (χ0) is 4.83. The first-order valence-corrected chi connectivity index (χ1v) is 1.62. The second kappa shape index (κ2) is 4.21. The summed E-state index contributed by atoms with van der Waals surface area (Å²) in [4.78, 5) is 9.28. The molecular formula is C4H6NO. The summed E-state index contributed by atoms with van der Waals surface area (Å²) in [6, 6.07) is 0. The minimum atomic E-state index is 0.503. The maximum atomic E-state index is 9.28. The van der Waals surface area contributed by atoms with E-state index in [1.165, 1.54) is 6.41 Å². The molecule has 6 heavy (non-hydrogen) atoms. The van der Waals surface area contributed by atoms with E-state index in [2.05, 4.69) is 11.9 Å². The molecule has 0 spiro atoms. The summed E-state index contributed by atoms with van der Waals surface area (Å²) in [5.41, 5.74) is 0. The van der Waals surface area contributed by atoms with Gasteiger partial charge in [0.15, 0.2) is 0 Å². The molecule has 0 aliphatic heterocycles. The van der Waals surface area contributed by atoms with Crippen molar-refractivity contribution in [3.05, 3.63) is 12.7 Å². The second-order valence-corrected chi connectivity index (χ2v) is 0.772. The van der Waals surface area contributed by atoms with Crippen LogP contribution in [0.1, 0.15) is 0 Å². The Morgan fingerprint density at radius 3 is 2.83 bits per heavy atom. The largest absolute Gasteiger partial charge is 0.344 e. The van der Waals surface area contributed by atoms with E-state index in [4.69, 9.17) is 0 Å². The highest BCUT2D eigenvalue weighted by Gasteiger charge is 1.66. The molecule has 0 aromatic carbocycles. The van der Waals surface area contributed by atoms with Gasteiger partial charge in [-0.3, -0.25) is 4.79 Å². The average Bonchev–Trinajstić information content (AvgIpc) is 1.61. The third kappa shape index (κ3) is 3.21. The number of carbonyl (C=O) groups excluding carboxylic acids is 1. The number of nitrogens with one attached hydrogen (secondary N) is 1. The van der Waals surface area contributed by atoms with E-state index >= 15 is 0 Å².